The number of aliphatic hydroxyl groups excluding tert-OH is 1. The number of hydrogen-bond acceptors (Lipinski definition) is 7. The van der Waals surface area contributed by atoms with Gasteiger partial charge in [0.05, 0.1) is 31.7 Å². The van der Waals surface area contributed by atoms with Gasteiger partial charge in [-0.15, -0.1) is 13.2 Å². The maximum atomic E-state index is 14.3. The van der Waals surface area contributed by atoms with Crippen LogP contribution in [-0.4, -0.2) is 83.8 Å². The lowest BCUT2D eigenvalue weighted by Crippen LogP contribution is -2.57. The molecule has 1 N–H and O–H groups in total. The molecule has 1 aromatic rings. The minimum Gasteiger partial charge on any atom is -0.497 e. The van der Waals surface area contributed by atoms with Gasteiger partial charge in [0.1, 0.15) is 17.4 Å². The SMILES string of the molecule is C=CCCCOC(=O)[C@H]1[C@H]2C(=O)N(CCCO)C(C(=O)N(CC=C)c3ccc(OC)cc3)C23CC(Br)[C@@H]1O3. The fourth-order valence-corrected chi connectivity index (χ4v) is 6.96. The monoisotopic (exact) mass is 590 g/mol. The van der Waals surface area contributed by atoms with Crippen LogP contribution in [0.5, 0.6) is 5.75 Å². The highest BCUT2D eigenvalue weighted by Gasteiger charge is 2.77. The standard InChI is InChI=1S/C28H35BrN2O7/c1-4-6-7-16-37-27(35)21-22-25(33)31(14-8-15-32)24(28(22)17-20(29)23(21)38-28)26(34)30(13-5-2)18-9-11-19(36-3)12-10-18/h4-5,9-12,20-24,32H,1-2,6-8,13-17H2,3H3/t20?,21-,22-,23-,24?,28?/m0/s1. The fraction of sp³-hybridized carbons (Fsp3) is 0.536. The fourth-order valence-electron chi connectivity index (χ4n) is 6.02. The predicted molar refractivity (Wildman–Crippen MR) is 145 cm³/mol. The number of carbonyl (C=O) groups is 3. The molecule has 206 valence electrons. The van der Waals surface area contributed by atoms with Crippen LogP contribution < -0.4 is 9.64 Å². The molecule has 0 radical (unpaired) electrons. The van der Waals surface area contributed by atoms with Crippen molar-refractivity contribution in [2.75, 3.05) is 38.3 Å². The Kier molecular flexibility index (Phi) is 8.95. The quantitative estimate of drug-likeness (QED) is 0.163. The average molecular weight is 591 g/mol. The molecule has 3 unspecified atom stereocenters. The third-order valence-electron chi connectivity index (χ3n) is 7.61. The lowest BCUT2D eigenvalue weighted by molar-refractivity contribution is -0.155. The van der Waals surface area contributed by atoms with Crippen LogP contribution in [0.4, 0.5) is 5.69 Å². The minimum atomic E-state index is -1.20. The van der Waals surface area contributed by atoms with Crippen LogP contribution in [0.3, 0.4) is 0 Å². The van der Waals surface area contributed by atoms with Crippen molar-refractivity contribution in [3.05, 3.63) is 49.6 Å². The van der Waals surface area contributed by atoms with Crippen LogP contribution in [0.15, 0.2) is 49.6 Å². The molecular formula is C28H35BrN2O7. The van der Waals surface area contributed by atoms with Crippen molar-refractivity contribution in [3.63, 3.8) is 0 Å². The summed E-state index contributed by atoms with van der Waals surface area (Å²) in [6.45, 7) is 7.94. The Morgan fingerprint density at radius 2 is 2.00 bits per heavy atom. The molecule has 10 heteroatoms. The van der Waals surface area contributed by atoms with Crippen LogP contribution in [0.1, 0.15) is 25.7 Å². The molecule has 0 saturated carbocycles. The van der Waals surface area contributed by atoms with Gasteiger partial charge >= 0.3 is 5.97 Å². The Morgan fingerprint density at radius 3 is 2.63 bits per heavy atom. The topological polar surface area (TPSA) is 106 Å². The molecular weight excluding hydrogens is 556 g/mol. The van der Waals surface area contributed by atoms with Gasteiger partial charge in [0.25, 0.3) is 5.91 Å². The van der Waals surface area contributed by atoms with E-state index in [0.29, 0.717) is 37.1 Å². The number of allylic oxidation sites excluding steroid dienone is 1. The van der Waals surface area contributed by atoms with E-state index >= 15 is 0 Å². The van der Waals surface area contributed by atoms with Gasteiger partial charge in [-0.1, -0.05) is 28.1 Å². The van der Waals surface area contributed by atoms with Crippen molar-refractivity contribution < 1.29 is 33.7 Å². The number of likely N-dealkylation sites (tertiary alicyclic amines) is 1. The number of hydrogen-bond donors (Lipinski definition) is 1. The van der Waals surface area contributed by atoms with Crippen molar-refractivity contribution in [2.24, 2.45) is 11.8 Å². The van der Waals surface area contributed by atoms with Crippen LogP contribution in [0.2, 0.25) is 0 Å². The number of fused-ring (bicyclic) bond motifs is 1. The molecule has 3 aliphatic heterocycles. The third-order valence-corrected chi connectivity index (χ3v) is 8.46. The summed E-state index contributed by atoms with van der Waals surface area (Å²) in [5.41, 5.74) is -0.578. The highest BCUT2D eigenvalue weighted by Crippen LogP contribution is 2.60. The number of ether oxygens (including phenoxy) is 3. The summed E-state index contributed by atoms with van der Waals surface area (Å²) in [4.78, 5) is 44.3. The second kappa shape index (κ2) is 12.0. The van der Waals surface area contributed by atoms with Gasteiger partial charge in [0, 0.05) is 30.2 Å². The van der Waals surface area contributed by atoms with Gasteiger partial charge < -0.3 is 29.1 Å². The highest BCUT2D eigenvalue weighted by atomic mass is 79.9. The number of rotatable bonds is 13. The normalized spacial score (nSPS) is 29.2. The summed E-state index contributed by atoms with van der Waals surface area (Å²) in [7, 11) is 1.57. The summed E-state index contributed by atoms with van der Waals surface area (Å²) in [5.74, 6) is -2.16. The summed E-state index contributed by atoms with van der Waals surface area (Å²) in [6.07, 6.45) is 4.82. The van der Waals surface area contributed by atoms with E-state index in [1.807, 2.05) is 0 Å². The van der Waals surface area contributed by atoms with E-state index < -0.39 is 35.6 Å². The first-order chi connectivity index (χ1) is 18.3. The van der Waals surface area contributed by atoms with Gasteiger partial charge in [-0.2, -0.15) is 0 Å². The molecule has 6 atom stereocenters. The molecule has 3 fully saturated rings. The van der Waals surface area contributed by atoms with Crippen LogP contribution in [0.25, 0.3) is 0 Å². The van der Waals surface area contributed by atoms with E-state index in [4.69, 9.17) is 14.2 Å². The van der Waals surface area contributed by atoms with E-state index in [9.17, 15) is 19.5 Å². The minimum absolute atomic E-state index is 0.142. The lowest BCUT2D eigenvalue weighted by atomic mass is 9.70. The molecule has 1 aromatic carbocycles. The summed E-state index contributed by atoms with van der Waals surface area (Å²) in [6, 6.07) is 6.08. The molecule has 4 rings (SSSR count). The van der Waals surface area contributed by atoms with Gasteiger partial charge in [-0.05, 0) is 49.9 Å². The average Bonchev–Trinajstić information content (AvgIpc) is 3.51. The number of nitrogens with zero attached hydrogens (tertiary/aromatic N) is 2. The molecule has 9 nitrogen and oxygen atoms in total. The van der Waals surface area contributed by atoms with E-state index in [-0.39, 0.29) is 42.9 Å². The van der Waals surface area contributed by atoms with Crippen molar-refractivity contribution in [2.45, 2.75) is 48.3 Å². The number of alkyl halides is 1. The van der Waals surface area contributed by atoms with Crippen LogP contribution >= 0.6 is 15.9 Å². The van der Waals surface area contributed by atoms with Crippen molar-refractivity contribution >= 4 is 39.4 Å². The number of esters is 1. The largest absolute Gasteiger partial charge is 0.497 e. The number of amides is 2. The Morgan fingerprint density at radius 1 is 1.26 bits per heavy atom. The Hall–Kier alpha value is -2.69. The van der Waals surface area contributed by atoms with Gasteiger partial charge in [-0.25, -0.2) is 0 Å². The van der Waals surface area contributed by atoms with Gasteiger partial charge in [0.2, 0.25) is 5.91 Å². The zero-order valence-electron chi connectivity index (χ0n) is 21.6. The number of benzene rings is 1. The molecule has 2 amide bonds. The first kappa shape index (κ1) is 28.3. The number of halogens is 1. The van der Waals surface area contributed by atoms with Crippen molar-refractivity contribution in [3.8, 4) is 5.75 Å². The lowest BCUT2D eigenvalue weighted by Gasteiger charge is -2.37. The van der Waals surface area contributed by atoms with E-state index in [2.05, 4.69) is 29.1 Å². The van der Waals surface area contributed by atoms with Crippen molar-refractivity contribution in [1.82, 2.24) is 4.90 Å². The zero-order chi connectivity index (χ0) is 27.4. The molecule has 38 heavy (non-hydrogen) atoms. The first-order valence-electron chi connectivity index (χ1n) is 12.9. The number of carbonyl (C=O) groups excluding carboxylic acids is 3. The Balaban J connectivity index is 1.70. The zero-order valence-corrected chi connectivity index (χ0v) is 23.2. The summed E-state index contributed by atoms with van der Waals surface area (Å²) >= 11 is 3.66. The smallest absolute Gasteiger partial charge is 0.312 e. The van der Waals surface area contributed by atoms with E-state index in [1.54, 1.807) is 48.4 Å². The van der Waals surface area contributed by atoms with E-state index in [0.717, 1.165) is 0 Å². The van der Waals surface area contributed by atoms with Crippen LogP contribution in [0, 0.1) is 11.8 Å². The highest BCUT2D eigenvalue weighted by molar-refractivity contribution is 9.09. The Labute approximate surface area is 231 Å². The Bertz CT molecular complexity index is 1060. The van der Waals surface area contributed by atoms with E-state index in [1.165, 1.54) is 4.90 Å². The molecule has 3 aliphatic rings. The molecule has 0 aliphatic carbocycles. The number of unbranched alkanes of at least 4 members (excludes halogenated alkanes) is 1. The second-order valence-electron chi connectivity index (χ2n) is 9.81. The molecule has 1 spiro atoms. The first-order valence-corrected chi connectivity index (χ1v) is 13.8. The summed E-state index contributed by atoms with van der Waals surface area (Å²) in [5, 5.41) is 9.54. The van der Waals surface area contributed by atoms with Crippen molar-refractivity contribution in [1.29, 1.82) is 0 Å². The predicted octanol–water partition coefficient (Wildman–Crippen LogP) is 2.85. The van der Waals surface area contributed by atoms with Crippen LogP contribution in [-0.2, 0) is 23.9 Å². The summed E-state index contributed by atoms with van der Waals surface area (Å²) < 4.78 is 17.3. The second-order valence-corrected chi connectivity index (χ2v) is 11.0. The molecule has 0 aromatic heterocycles. The van der Waals surface area contributed by atoms with Gasteiger partial charge in [-0.3, -0.25) is 14.4 Å². The number of aliphatic hydroxyl groups is 1. The van der Waals surface area contributed by atoms with Gasteiger partial charge in [0.15, 0.2) is 0 Å². The number of methoxy groups -OCH3 is 1. The molecule has 3 heterocycles. The number of anilines is 1. The maximum Gasteiger partial charge on any atom is 0.312 e. The molecule has 2 bridgehead atoms. The maximum absolute atomic E-state index is 14.3. The molecule has 3 saturated heterocycles. The third kappa shape index (κ3) is 4.89.